The SMILES string of the molecule is C=CC(C)(CC/C=C(/C)CC[C@H]1OC1(C)C)OC(C)=O. The summed E-state index contributed by atoms with van der Waals surface area (Å²) in [6.45, 7) is 13.5. The van der Waals surface area contributed by atoms with Crippen molar-refractivity contribution in [2.24, 2.45) is 0 Å². The molecule has 1 rings (SSSR count). The van der Waals surface area contributed by atoms with Gasteiger partial charge in [-0.1, -0.05) is 18.2 Å². The lowest BCUT2D eigenvalue weighted by atomic mass is 9.97. The number of hydrogen-bond acceptors (Lipinski definition) is 3. The molecule has 2 atom stereocenters. The van der Waals surface area contributed by atoms with Gasteiger partial charge in [-0.3, -0.25) is 4.79 Å². The summed E-state index contributed by atoms with van der Waals surface area (Å²) in [6.07, 6.45) is 8.13. The molecule has 0 aliphatic carbocycles. The molecule has 0 radical (unpaired) electrons. The van der Waals surface area contributed by atoms with Gasteiger partial charge >= 0.3 is 5.97 Å². The first kappa shape index (κ1) is 17.0. The molecule has 0 aromatic carbocycles. The maximum atomic E-state index is 11.1. The Labute approximate surface area is 123 Å². The zero-order valence-electron chi connectivity index (χ0n) is 13.5. The van der Waals surface area contributed by atoms with Gasteiger partial charge < -0.3 is 9.47 Å². The lowest BCUT2D eigenvalue weighted by Gasteiger charge is -2.24. The van der Waals surface area contributed by atoms with Gasteiger partial charge in [0.15, 0.2) is 0 Å². The van der Waals surface area contributed by atoms with E-state index in [4.69, 9.17) is 9.47 Å². The fourth-order valence-electron chi connectivity index (χ4n) is 2.33. The van der Waals surface area contributed by atoms with Crippen LogP contribution in [0.2, 0.25) is 0 Å². The van der Waals surface area contributed by atoms with Crippen LogP contribution in [-0.2, 0) is 14.3 Å². The maximum absolute atomic E-state index is 11.1. The van der Waals surface area contributed by atoms with Gasteiger partial charge in [0.2, 0.25) is 0 Å². The molecule has 0 spiro atoms. The molecule has 1 aliphatic rings. The van der Waals surface area contributed by atoms with Crippen LogP contribution in [0.15, 0.2) is 24.3 Å². The summed E-state index contributed by atoms with van der Waals surface area (Å²) >= 11 is 0. The van der Waals surface area contributed by atoms with Gasteiger partial charge in [-0.05, 0) is 59.5 Å². The number of ether oxygens (including phenoxy) is 2. The van der Waals surface area contributed by atoms with Crippen LogP contribution < -0.4 is 0 Å². The van der Waals surface area contributed by atoms with E-state index in [9.17, 15) is 4.79 Å². The summed E-state index contributed by atoms with van der Waals surface area (Å²) in [6, 6.07) is 0. The van der Waals surface area contributed by atoms with Crippen molar-refractivity contribution in [1.82, 2.24) is 0 Å². The van der Waals surface area contributed by atoms with Crippen molar-refractivity contribution in [2.75, 3.05) is 0 Å². The topological polar surface area (TPSA) is 38.8 Å². The molecule has 20 heavy (non-hydrogen) atoms. The first-order chi connectivity index (χ1) is 9.18. The molecule has 0 aromatic heterocycles. The molecule has 0 bridgehead atoms. The predicted molar refractivity (Wildman–Crippen MR) is 81.5 cm³/mol. The van der Waals surface area contributed by atoms with E-state index in [1.165, 1.54) is 12.5 Å². The second-order valence-electron chi connectivity index (χ2n) is 6.45. The first-order valence-electron chi connectivity index (χ1n) is 7.35. The lowest BCUT2D eigenvalue weighted by Crippen LogP contribution is -2.27. The average Bonchev–Trinajstić information content (AvgIpc) is 2.93. The van der Waals surface area contributed by atoms with Gasteiger partial charge in [-0.25, -0.2) is 0 Å². The van der Waals surface area contributed by atoms with E-state index in [1.54, 1.807) is 6.08 Å². The third-order valence-corrected chi connectivity index (χ3v) is 3.91. The molecule has 3 heteroatoms. The Kier molecular flexibility index (Phi) is 5.58. The Morgan fingerprint density at radius 3 is 2.50 bits per heavy atom. The molecule has 1 heterocycles. The quantitative estimate of drug-likeness (QED) is 0.380. The molecule has 1 unspecified atom stereocenters. The van der Waals surface area contributed by atoms with Crippen LogP contribution >= 0.6 is 0 Å². The lowest BCUT2D eigenvalue weighted by molar-refractivity contribution is -0.151. The third-order valence-electron chi connectivity index (χ3n) is 3.91. The summed E-state index contributed by atoms with van der Waals surface area (Å²) in [7, 11) is 0. The largest absolute Gasteiger partial charge is 0.455 e. The molecule has 0 aromatic rings. The highest BCUT2D eigenvalue weighted by Gasteiger charge is 2.46. The monoisotopic (exact) mass is 280 g/mol. The Bertz CT molecular complexity index is 395. The van der Waals surface area contributed by atoms with Crippen molar-refractivity contribution in [3.8, 4) is 0 Å². The van der Waals surface area contributed by atoms with Crippen molar-refractivity contribution in [3.63, 3.8) is 0 Å². The minimum Gasteiger partial charge on any atom is -0.455 e. The Morgan fingerprint density at radius 2 is 2.05 bits per heavy atom. The summed E-state index contributed by atoms with van der Waals surface area (Å²) in [5.41, 5.74) is 0.881. The minimum atomic E-state index is -0.565. The van der Waals surface area contributed by atoms with E-state index in [1.807, 2.05) is 6.92 Å². The number of esters is 1. The highest BCUT2D eigenvalue weighted by Crippen LogP contribution is 2.38. The zero-order chi connectivity index (χ0) is 15.4. The highest BCUT2D eigenvalue weighted by molar-refractivity contribution is 5.66. The Hall–Kier alpha value is -1.09. The summed E-state index contributed by atoms with van der Waals surface area (Å²) in [4.78, 5) is 11.1. The fraction of sp³-hybridized carbons (Fsp3) is 0.706. The minimum absolute atomic E-state index is 0.0804. The van der Waals surface area contributed by atoms with Crippen LogP contribution in [0.5, 0.6) is 0 Å². The van der Waals surface area contributed by atoms with Gasteiger partial charge in [0.05, 0.1) is 11.7 Å². The van der Waals surface area contributed by atoms with Crippen molar-refractivity contribution in [2.45, 2.75) is 77.6 Å². The van der Waals surface area contributed by atoms with E-state index in [0.717, 1.165) is 25.7 Å². The van der Waals surface area contributed by atoms with Crippen LogP contribution in [0.25, 0.3) is 0 Å². The van der Waals surface area contributed by atoms with E-state index < -0.39 is 5.60 Å². The van der Waals surface area contributed by atoms with Crippen LogP contribution in [0.4, 0.5) is 0 Å². The predicted octanol–water partition coefficient (Wildman–Crippen LogP) is 4.18. The van der Waals surface area contributed by atoms with Crippen LogP contribution in [-0.4, -0.2) is 23.3 Å². The molecular formula is C17H28O3. The normalized spacial score (nSPS) is 23.9. The first-order valence-corrected chi connectivity index (χ1v) is 7.35. The summed E-state index contributed by atoms with van der Waals surface area (Å²) in [5.74, 6) is -0.263. The van der Waals surface area contributed by atoms with E-state index in [2.05, 4.69) is 33.4 Å². The van der Waals surface area contributed by atoms with Crippen molar-refractivity contribution >= 4 is 5.97 Å². The van der Waals surface area contributed by atoms with Gasteiger partial charge in [-0.2, -0.15) is 0 Å². The number of carbonyl (C=O) groups is 1. The maximum Gasteiger partial charge on any atom is 0.303 e. The van der Waals surface area contributed by atoms with Gasteiger partial charge in [0.25, 0.3) is 0 Å². The van der Waals surface area contributed by atoms with Crippen molar-refractivity contribution in [1.29, 1.82) is 0 Å². The molecule has 3 nitrogen and oxygen atoms in total. The molecular weight excluding hydrogens is 252 g/mol. The second kappa shape index (κ2) is 6.57. The molecule has 1 aliphatic heterocycles. The standard InChI is InChI=1S/C17H28O3/c1-7-17(6,19-14(3)18)12-8-9-13(2)10-11-15-16(4,5)20-15/h7,9,15H,1,8,10-12H2,2-6H3/b13-9-/t15-,17?/m1/s1. The van der Waals surface area contributed by atoms with Crippen molar-refractivity contribution < 1.29 is 14.3 Å². The summed E-state index contributed by atoms with van der Waals surface area (Å²) in [5, 5.41) is 0. The van der Waals surface area contributed by atoms with Crippen LogP contribution in [0, 0.1) is 0 Å². The highest BCUT2D eigenvalue weighted by atomic mass is 16.6. The molecule has 114 valence electrons. The van der Waals surface area contributed by atoms with Crippen LogP contribution in [0.3, 0.4) is 0 Å². The molecule has 0 N–H and O–H groups in total. The molecule has 0 amide bonds. The van der Waals surface area contributed by atoms with E-state index >= 15 is 0 Å². The Balaban J connectivity index is 2.31. The van der Waals surface area contributed by atoms with Gasteiger partial charge in [-0.15, -0.1) is 0 Å². The second-order valence-corrected chi connectivity index (χ2v) is 6.45. The Morgan fingerprint density at radius 1 is 1.45 bits per heavy atom. The molecule has 1 saturated heterocycles. The third kappa shape index (κ3) is 5.49. The molecule has 0 saturated carbocycles. The average molecular weight is 280 g/mol. The van der Waals surface area contributed by atoms with Gasteiger partial charge in [0, 0.05) is 6.92 Å². The fourth-order valence-corrected chi connectivity index (χ4v) is 2.33. The molecule has 1 fully saturated rings. The summed E-state index contributed by atoms with van der Waals surface area (Å²) < 4.78 is 10.9. The number of hydrogen-bond donors (Lipinski definition) is 0. The smallest absolute Gasteiger partial charge is 0.303 e. The van der Waals surface area contributed by atoms with Crippen LogP contribution in [0.1, 0.15) is 60.3 Å². The van der Waals surface area contributed by atoms with E-state index in [0.29, 0.717) is 6.10 Å². The van der Waals surface area contributed by atoms with Gasteiger partial charge in [0.1, 0.15) is 5.60 Å². The van der Waals surface area contributed by atoms with Crippen molar-refractivity contribution in [3.05, 3.63) is 24.3 Å². The number of epoxide rings is 1. The van der Waals surface area contributed by atoms with E-state index in [-0.39, 0.29) is 11.6 Å². The number of allylic oxidation sites excluding steroid dienone is 2. The zero-order valence-corrected chi connectivity index (χ0v) is 13.5. The number of rotatable bonds is 8. The number of carbonyl (C=O) groups excluding carboxylic acids is 1.